The minimum atomic E-state index is -0.380. The Morgan fingerprint density at radius 1 is 1.35 bits per heavy atom. The first-order valence-corrected chi connectivity index (χ1v) is 9.84. The highest BCUT2D eigenvalue weighted by Gasteiger charge is 2.27. The minimum Gasteiger partial charge on any atom is -0.393 e. The Balaban J connectivity index is 1.74. The van der Waals surface area contributed by atoms with Crippen LogP contribution in [0.4, 0.5) is 5.82 Å². The Morgan fingerprint density at radius 2 is 2.15 bits per heavy atom. The van der Waals surface area contributed by atoms with Crippen LogP contribution in [0.3, 0.4) is 0 Å². The number of anilines is 1. The third kappa shape index (κ3) is 3.55. The summed E-state index contributed by atoms with van der Waals surface area (Å²) >= 11 is 7.69. The number of benzene rings is 1. The smallest absolute Gasteiger partial charge is 0.150 e. The van der Waals surface area contributed by atoms with E-state index >= 15 is 0 Å². The number of rotatable bonds is 4. The topological polar surface area (TPSA) is 58.5 Å². The van der Waals surface area contributed by atoms with E-state index in [2.05, 4.69) is 20.9 Å². The van der Waals surface area contributed by atoms with Crippen molar-refractivity contribution in [3.63, 3.8) is 0 Å². The van der Waals surface area contributed by atoms with Crippen molar-refractivity contribution in [1.82, 2.24) is 9.97 Å². The van der Waals surface area contributed by atoms with Gasteiger partial charge in [-0.05, 0) is 37.1 Å². The number of aliphatic hydroxyl groups is 1. The number of hydrogen-bond acceptors (Lipinski definition) is 6. The number of morpholine rings is 1. The standard InChI is InChI=1S/C19H20ClN3O2S/c1-12(24)8-15-10-25-7-6-23(15)19-18-16(21-11-22-19)9-17(26-18)13-2-4-14(20)5-3-13/h2-5,9,11-12,15,24H,6-8,10H2,1H3. The lowest BCUT2D eigenvalue weighted by molar-refractivity contribution is 0.0719. The van der Waals surface area contributed by atoms with Gasteiger partial charge in [-0.25, -0.2) is 9.97 Å². The maximum Gasteiger partial charge on any atom is 0.150 e. The zero-order chi connectivity index (χ0) is 18.1. The van der Waals surface area contributed by atoms with E-state index in [-0.39, 0.29) is 12.1 Å². The van der Waals surface area contributed by atoms with Gasteiger partial charge in [0, 0.05) is 16.4 Å². The van der Waals surface area contributed by atoms with Crippen molar-refractivity contribution in [3.8, 4) is 10.4 Å². The summed E-state index contributed by atoms with van der Waals surface area (Å²) in [5, 5.41) is 10.6. The highest BCUT2D eigenvalue weighted by molar-refractivity contribution is 7.22. The van der Waals surface area contributed by atoms with E-state index in [4.69, 9.17) is 16.3 Å². The van der Waals surface area contributed by atoms with Crippen molar-refractivity contribution in [3.05, 3.63) is 41.7 Å². The molecular formula is C19H20ClN3O2S. The monoisotopic (exact) mass is 389 g/mol. The van der Waals surface area contributed by atoms with Crippen molar-refractivity contribution in [2.45, 2.75) is 25.5 Å². The lowest BCUT2D eigenvalue weighted by Crippen LogP contribution is -2.47. The summed E-state index contributed by atoms with van der Waals surface area (Å²) in [6.07, 6.45) is 1.89. The zero-order valence-electron chi connectivity index (χ0n) is 14.4. The van der Waals surface area contributed by atoms with Crippen molar-refractivity contribution in [2.24, 2.45) is 0 Å². The Hall–Kier alpha value is -1.73. The average molecular weight is 390 g/mol. The third-order valence-corrected chi connectivity index (χ3v) is 5.96. The summed E-state index contributed by atoms with van der Waals surface area (Å²) in [6, 6.07) is 10.0. The minimum absolute atomic E-state index is 0.114. The molecule has 0 bridgehead atoms. The summed E-state index contributed by atoms with van der Waals surface area (Å²) in [5.41, 5.74) is 2.05. The first-order chi connectivity index (χ1) is 12.6. The van der Waals surface area contributed by atoms with Crippen LogP contribution in [-0.4, -0.2) is 47.0 Å². The lowest BCUT2D eigenvalue weighted by Gasteiger charge is -2.37. The molecule has 0 spiro atoms. The number of aromatic nitrogens is 2. The van der Waals surface area contributed by atoms with Crippen LogP contribution in [0.15, 0.2) is 36.7 Å². The van der Waals surface area contributed by atoms with E-state index in [1.807, 2.05) is 31.2 Å². The first kappa shape index (κ1) is 17.7. The summed E-state index contributed by atoms with van der Waals surface area (Å²) < 4.78 is 6.69. The summed E-state index contributed by atoms with van der Waals surface area (Å²) in [6.45, 7) is 3.84. The predicted octanol–water partition coefficient (Wildman–Crippen LogP) is 3.99. The van der Waals surface area contributed by atoms with Gasteiger partial charge in [0.1, 0.15) is 12.1 Å². The molecule has 4 rings (SSSR count). The van der Waals surface area contributed by atoms with E-state index in [1.54, 1.807) is 17.7 Å². The maximum absolute atomic E-state index is 9.83. The fourth-order valence-corrected chi connectivity index (χ4v) is 4.57. The van der Waals surface area contributed by atoms with E-state index in [0.717, 1.165) is 38.0 Å². The molecule has 3 heterocycles. The van der Waals surface area contributed by atoms with Crippen molar-refractivity contribution in [2.75, 3.05) is 24.7 Å². The van der Waals surface area contributed by atoms with E-state index in [0.29, 0.717) is 19.6 Å². The van der Waals surface area contributed by atoms with Crippen molar-refractivity contribution < 1.29 is 9.84 Å². The molecule has 1 N–H and O–H groups in total. The largest absolute Gasteiger partial charge is 0.393 e. The van der Waals surface area contributed by atoms with Gasteiger partial charge >= 0.3 is 0 Å². The van der Waals surface area contributed by atoms with Gasteiger partial charge in [0.25, 0.3) is 0 Å². The molecule has 0 radical (unpaired) electrons. The Kier molecular flexibility index (Phi) is 5.09. The number of thiophene rings is 1. The number of aliphatic hydroxyl groups excluding tert-OH is 1. The number of ether oxygens (including phenoxy) is 1. The number of halogens is 1. The van der Waals surface area contributed by atoms with E-state index in [9.17, 15) is 5.11 Å². The second-order valence-corrected chi connectivity index (χ2v) is 8.02. The summed E-state index contributed by atoms with van der Waals surface area (Å²) in [7, 11) is 0. The Morgan fingerprint density at radius 3 is 2.92 bits per heavy atom. The van der Waals surface area contributed by atoms with Crippen LogP contribution in [0.5, 0.6) is 0 Å². The molecule has 1 aliphatic rings. The van der Waals surface area contributed by atoms with Crippen molar-refractivity contribution >= 4 is 39.0 Å². The molecule has 0 amide bonds. The highest BCUT2D eigenvalue weighted by Crippen LogP contribution is 2.38. The zero-order valence-corrected chi connectivity index (χ0v) is 16.0. The quantitative estimate of drug-likeness (QED) is 0.731. The van der Waals surface area contributed by atoms with Crippen LogP contribution in [0.1, 0.15) is 13.3 Å². The molecule has 0 saturated carbocycles. The molecule has 136 valence electrons. The molecule has 1 aromatic carbocycles. The molecule has 3 aromatic rings. The number of nitrogens with zero attached hydrogens (tertiary/aromatic N) is 3. The molecule has 2 aromatic heterocycles. The van der Waals surface area contributed by atoms with E-state index < -0.39 is 0 Å². The first-order valence-electron chi connectivity index (χ1n) is 8.65. The average Bonchev–Trinajstić information content (AvgIpc) is 3.06. The highest BCUT2D eigenvalue weighted by atomic mass is 35.5. The van der Waals surface area contributed by atoms with E-state index in [1.165, 1.54) is 0 Å². The van der Waals surface area contributed by atoms with Gasteiger partial charge in [-0.1, -0.05) is 23.7 Å². The van der Waals surface area contributed by atoms with Gasteiger partial charge < -0.3 is 14.7 Å². The predicted molar refractivity (Wildman–Crippen MR) is 106 cm³/mol. The number of hydrogen-bond donors (Lipinski definition) is 1. The Labute approximate surface area is 161 Å². The van der Waals surface area contributed by atoms with Gasteiger partial charge in [0.05, 0.1) is 35.6 Å². The lowest BCUT2D eigenvalue weighted by atomic mass is 10.1. The molecule has 1 aliphatic heterocycles. The normalized spacial score (nSPS) is 19.0. The second-order valence-electron chi connectivity index (χ2n) is 6.54. The molecule has 26 heavy (non-hydrogen) atoms. The van der Waals surface area contributed by atoms with Gasteiger partial charge in [0.15, 0.2) is 0 Å². The molecule has 1 fully saturated rings. The summed E-state index contributed by atoms with van der Waals surface area (Å²) in [4.78, 5) is 12.4. The van der Waals surface area contributed by atoms with Crippen LogP contribution in [0.2, 0.25) is 5.02 Å². The second kappa shape index (κ2) is 7.48. The molecular weight excluding hydrogens is 370 g/mol. The molecule has 7 heteroatoms. The van der Waals surface area contributed by atoms with Crippen LogP contribution in [-0.2, 0) is 4.74 Å². The van der Waals surface area contributed by atoms with Gasteiger partial charge in [-0.15, -0.1) is 11.3 Å². The molecule has 5 nitrogen and oxygen atoms in total. The van der Waals surface area contributed by atoms with Crippen LogP contribution < -0.4 is 4.90 Å². The maximum atomic E-state index is 9.83. The molecule has 0 aliphatic carbocycles. The molecule has 2 unspecified atom stereocenters. The molecule has 2 atom stereocenters. The van der Waals surface area contributed by atoms with Crippen LogP contribution in [0, 0.1) is 0 Å². The van der Waals surface area contributed by atoms with Crippen molar-refractivity contribution in [1.29, 1.82) is 0 Å². The van der Waals surface area contributed by atoms with Gasteiger partial charge in [-0.2, -0.15) is 0 Å². The number of fused-ring (bicyclic) bond motifs is 1. The molecule has 1 saturated heterocycles. The Bertz CT molecular complexity index is 897. The summed E-state index contributed by atoms with van der Waals surface area (Å²) in [5.74, 6) is 0.925. The fourth-order valence-electron chi connectivity index (χ4n) is 3.33. The third-order valence-electron chi connectivity index (χ3n) is 4.53. The fraction of sp³-hybridized carbons (Fsp3) is 0.368. The van der Waals surface area contributed by atoms with Gasteiger partial charge in [-0.3, -0.25) is 0 Å². The SMILES string of the molecule is CC(O)CC1COCCN1c1ncnc2cc(-c3ccc(Cl)cc3)sc12. The van der Waals surface area contributed by atoms with Crippen LogP contribution >= 0.6 is 22.9 Å². The van der Waals surface area contributed by atoms with Crippen LogP contribution in [0.25, 0.3) is 20.7 Å². The van der Waals surface area contributed by atoms with Gasteiger partial charge in [0.2, 0.25) is 0 Å².